The van der Waals surface area contributed by atoms with Crippen molar-refractivity contribution < 1.29 is 0 Å². The van der Waals surface area contributed by atoms with Crippen molar-refractivity contribution in [3.05, 3.63) is 53.6 Å². The molecule has 2 aromatic carbocycles. The van der Waals surface area contributed by atoms with E-state index in [9.17, 15) is 0 Å². The van der Waals surface area contributed by atoms with Gasteiger partial charge in [-0.25, -0.2) is 4.98 Å². The molecule has 0 fully saturated rings. The van der Waals surface area contributed by atoms with E-state index >= 15 is 0 Å². The van der Waals surface area contributed by atoms with Gasteiger partial charge < -0.3 is 0 Å². The van der Waals surface area contributed by atoms with Crippen molar-refractivity contribution >= 4 is 21.8 Å². The van der Waals surface area contributed by atoms with Crippen LogP contribution >= 0.6 is 0 Å². The Balaban J connectivity index is 0.000000637. The number of benzene rings is 2. The van der Waals surface area contributed by atoms with Crippen LogP contribution in [-0.4, -0.2) is 4.98 Å². The van der Waals surface area contributed by atoms with Crippen LogP contribution in [0.2, 0.25) is 0 Å². The molecule has 0 bridgehead atoms. The molecule has 0 atom stereocenters. The predicted octanol–water partition coefficient (Wildman–Crippen LogP) is 5.29. The lowest BCUT2D eigenvalue weighted by Gasteiger charge is -2.04. The fourth-order valence-corrected chi connectivity index (χ4v) is 2.23. The van der Waals surface area contributed by atoms with Gasteiger partial charge in [0.1, 0.15) is 0 Å². The van der Waals surface area contributed by atoms with Crippen molar-refractivity contribution in [2.24, 2.45) is 0 Å². The van der Waals surface area contributed by atoms with Crippen LogP contribution in [0.5, 0.6) is 0 Å². The zero-order valence-corrected chi connectivity index (χ0v) is 12.2. The molecule has 0 aliphatic heterocycles. The smallest absolute Gasteiger partial charge is 0.0709 e. The molecule has 0 aliphatic rings. The Morgan fingerprint density at radius 1 is 0.842 bits per heavy atom. The molecule has 0 amide bonds. The molecule has 3 aromatic rings. The molecule has 0 radical (unpaired) electrons. The molecule has 0 unspecified atom stereocenters. The first kappa shape index (κ1) is 13.5. The van der Waals surface area contributed by atoms with Gasteiger partial charge >= 0.3 is 0 Å². The Bertz CT molecular complexity index is 698. The second kappa shape index (κ2) is 5.83. The van der Waals surface area contributed by atoms with Crippen LogP contribution in [0.15, 0.2) is 42.5 Å². The highest BCUT2D eigenvalue weighted by Gasteiger charge is 2.00. The lowest BCUT2D eigenvalue weighted by atomic mass is 10.1. The molecule has 98 valence electrons. The molecule has 0 N–H and O–H groups in total. The van der Waals surface area contributed by atoms with Crippen LogP contribution in [0.4, 0.5) is 0 Å². The van der Waals surface area contributed by atoms with Gasteiger partial charge in [-0.05, 0) is 49.2 Å². The third-order valence-electron chi connectivity index (χ3n) is 3.24. The number of fused-ring (bicyclic) bond motifs is 2. The fourth-order valence-electron chi connectivity index (χ4n) is 2.23. The topological polar surface area (TPSA) is 12.9 Å². The van der Waals surface area contributed by atoms with Gasteiger partial charge in [0.2, 0.25) is 0 Å². The van der Waals surface area contributed by atoms with Gasteiger partial charge in [-0.1, -0.05) is 38.5 Å². The maximum absolute atomic E-state index is 4.69. The minimum absolute atomic E-state index is 1.07. The van der Waals surface area contributed by atoms with Crippen LogP contribution in [0, 0.1) is 6.92 Å². The number of aromatic nitrogens is 1. The SMILES string of the molecule is CC.CCc1ccc2nc3ccc(C)cc3cc2c1. The van der Waals surface area contributed by atoms with Gasteiger partial charge in [0, 0.05) is 10.8 Å². The minimum atomic E-state index is 1.07. The first-order valence-electron chi connectivity index (χ1n) is 7.06. The van der Waals surface area contributed by atoms with Crippen molar-refractivity contribution in [3.63, 3.8) is 0 Å². The number of nitrogens with zero attached hydrogens (tertiary/aromatic N) is 1. The Labute approximate surface area is 115 Å². The Hall–Kier alpha value is -1.89. The first-order valence-corrected chi connectivity index (χ1v) is 7.06. The minimum Gasteiger partial charge on any atom is -0.248 e. The van der Waals surface area contributed by atoms with E-state index < -0.39 is 0 Å². The molecule has 0 aliphatic carbocycles. The van der Waals surface area contributed by atoms with Crippen molar-refractivity contribution in [2.45, 2.75) is 34.1 Å². The Kier molecular flexibility index (Phi) is 4.16. The molecule has 1 nitrogen and oxygen atoms in total. The summed E-state index contributed by atoms with van der Waals surface area (Å²) >= 11 is 0. The summed E-state index contributed by atoms with van der Waals surface area (Å²) in [5, 5.41) is 2.47. The second-order valence-electron chi connectivity index (χ2n) is 4.57. The van der Waals surface area contributed by atoms with Crippen molar-refractivity contribution in [1.82, 2.24) is 4.98 Å². The zero-order valence-electron chi connectivity index (χ0n) is 12.2. The largest absolute Gasteiger partial charge is 0.248 e. The van der Waals surface area contributed by atoms with Crippen LogP contribution in [0.25, 0.3) is 21.8 Å². The molecule has 0 saturated carbocycles. The number of rotatable bonds is 1. The number of hydrogen-bond donors (Lipinski definition) is 0. The summed E-state index contributed by atoms with van der Waals surface area (Å²) in [5.41, 5.74) is 4.81. The van der Waals surface area contributed by atoms with Gasteiger partial charge in [0.15, 0.2) is 0 Å². The summed E-state index contributed by atoms with van der Waals surface area (Å²) in [4.78, 5) is 4.69. The van der Waals surface area contributed by atoms with E-state index in [0.29, 0.717) is 0 Å². The van der Waals surface area contributed by atoms with E-state index in [-0.39, 0.29) is 0 Å². The molecule has 1 heteroatoms. The summed E-state index contributed by atoms with van der Waals surface area (Å²) < 4.78 is 0. The van der Waals surface area contributed by atoms with Crippen molar-refractivity contribution in [2.75, 3.05) is 0 Å². The number of pyridine rings is 1. The van der Waals surface area contributed by atoms with Crippen LogP contribution in [0.3, 0.4) is 0 Å². The monoisotopic (exact) mass is 251 g/mol. The van der Waals surface area contributed by atoms with Crippen LogP contribution < -0.4 is 0 Å². The predicted molar refractivity (Wildman–Crippen MR) is 84.7 cm³/mol. The van der Waals surface area contributed by atoms with Gasteiger partial charge in [-0.15, -0.1) is 0 Å². The molecular formula is C18H21N. The first-order chi connectivity index (χ1) is 9.26. The molecule has 1 aromatic heterocycles. The highest BCUT2D eigenvalue weighted by atomic mass is 14.7. The standard InChI is InChI=1S/C16H15N.C2H6/c1-3-12-5-7-16-14(9-12)10-13-8-11(2)4-6-15(13)17-16;1-2/h4-10H,3H2,1-2H3;1-2H3. The zero-order chi connectivity index (χ0) is 13.8. The Morgan fingerprint density at radius 2 is 1.47 bits per heavy atom. The van der Waals surface area contributed by atoms with E-state index in [4.69, 9.17) is 4.98 Å². The van der Waals surface area contributed by atoms with Crippen molar-refractivity contribution in [3.8, 4) is 0 Å². The lowest BCUT2D eigenvalue weighted by Crippen LogP contribution is -1.86. The third kappa shape index (κ3) is 2.76. The molecule has 1 heterocycles. The summed E-state index contributed by atoms with van der Waals surface area (Å²) in [6.45, 7) is 8.30. The van der Waals surface area contributed by atoms with E-state index in [1.165, 1.54) is 21.9 Å². The molecule has 3 rings (SSSR count). The van der Waals surface area contributed by atoms with E-state index in [0.717, 1.165) is 17.5 Å². The van der Waals surface area contributed by atoms with Crippen LogP contribution in [0.1, 0.15) is 31.9 Å². The lowest BCUT2D eigenvalue weighted by molar-refractivity contribution is 1.15. The van der Waals surface area contributed by atoms with Crippen LogP contribution in [-0.2, 0) is 6.42 Å². The summed E-state index contributed by atoms with van der Waals surface area (Å²) in [6, 6.07) is 15.2. The quantitative estimate of drug-likeness (QED) is 0.536. The van der Waals surface area contributed by atoms with E-state index in [1.54, 1.807) is 0 Å². The number of hydrogen-bond acceptors (Lipinski definition) is 1. The summed E-state index contributed by atoms with van der Waals surface area (Å²) in [5.74, 6) is 0. The second-order valence-corrected chi connectivity index (χ2v) is 4.57. The maximum atomic E-state index is 4.69. The van der Waals surface area contributed by atoms with Gasteiger partial charge in [-0.3, -0.25) is 0 Å². The van der Waals surface area contributed by atoms with Gasteiger partial charge in [0.25, 0.3) is 0 Å². The van der Waals surface area contributed by atoms with Crippen molar-refractivity contribution in [1.29, 1.82) is 0 Å². The van der Waals surface area contributed by atoms with Gasteiger partial charge in [-0.2, -0.15) is 0 Å². The number of aryl methyl sites for hydroxylation is 2. The van der Waals surface area contributed by atoms with E-state index in [2.05, 4.69) is 56.3 Å². The summed E-state index contributed by atoms with van der Waals surface area (Å²) in [6.07, 6.45) is 1.07. The highest BCUT2D eigenvalue weighted by Crippen LogP contribution is 2.21. The average Bonchev–Trinajstić information content (AvgIpc) is 2.46. The third-order valence-corrected chi connectivity index (χ3v) is 3.24. The molecule has 0 saturated heterocycles. The van der Waals surface area contributed by atoms with E-state index in [1.807, 2.05) is 13.8 Å². The average molecular weight is 251 g/mol. The molecular weight excluding hydrogens is 230 g/mol. The maximum Gasteiger partial charge on any atom is 0.0709 e. The highest BCUT2D eigenvalue weighted by molar-refractivity contribution is 5.93. The van der Waals surface area contributed by atoms with Gasteiger partial charge in [0.05, 0.1) is 11.0 Å². The molecule has 19 heavy (non-hydrogen) atoms. The molecule has 0 spiro atoms. The summed E-state index contributed by atoms with van der Waals surface area (Å²) in [7, 11) is 0. The Morgan fingerprint density at radius 3 is 2.16 bits per heavy atom. The fraction of sp³-hybridized carbons (Fsp3) is 0.278. The normalized spacial score (nSPS) is 10.3.